The van der Waals surface area contributed by atoms with E-state index in [0.29, 0.717) is 18.6 Å². The third-order valence-electron chi connectivity index (χ3n) is 4.94. The van der Waals surface area contributed by atoms with Crippen LogP contribution in [-0.4, -0.2) is 51.0 Å². The van der Waals surface area contributed by atoms with E-state index in [-0.39, 0.29) is 23.2 Å². The molecule has 0 aromatic heterocycles. The minimum absolute atomic E-state index is 0.00622. The molecule has 2 aliphatic rings. The fourth-order valence-electron chi connectivity index (χ4n) is 3.50. The number of thioether (sulfide) groups is 1. The summed E-state index contributed by atoms with van der Waals surface area (Å²) < 4.78 is 0. The molecule has 2 saturated heterocycles. The molecule has 1 aromatic carbocycles. The Morgan fingerprint density at radius 2 is 2.12 bits per heavy atom. The highest BCUT2D eigenvalue weighted by atomic mass is 32.2. The van der Waals surface area contributed by atoms with Gasteiger partial charge in [0.05, 0.1) is 10.8 Å². The van der Waals surface area contributed by atoms with E-state index >= 15 is 0 Å². The first-order valence-electron chi connectivity index (χ1n) is 8.41. The van der Waals surface area contributed by atoms with Crippen molar-refractivity contribution in [2.75, 3.05) is 12.3 Å². The van der Waals surface area contributed by atoms with Gasteiger partial charge in [0.25, 0.3) is 0 Å². The summed E-state index contributed by atoms with van der Waals surface area (Å²) in [5.74, 6) is -1.32. The fraction of sp³-hybridized carbons (Fsp3) is 0.500. The highest BCUT2D eigenvalue weighted by Crippen LogP contribution is 2.47. The molecule has 0 spiro atoms. The van der Waals surface area contributed by atoms with Gasteiger partial charge in [0.2, 0.25) is 11.8 Å². The maximum Gasteiger partial charge on any atom is 0.308 e. The van der Waals surface area contributed by atoms with Crippen molar-refractivity contribution in [2.45, 2.75) is 37.1 Å². The number of carbonyl (C=O) groups is 3. The summed E-state index contributed by atoms with van der Waals surface area (Å²) in [6.07, 6.45) is 1.58. The molecule has 7 heteroatoms. The molecule has 2 amide bonds. The first kappa shape index (κ1) is 17.8. The molecule has 1 aromatic rings. The maximum atomic E-state index is 12.5. The van der Waals surface area contributed by atoms with Gasteiger partial charge in [-0.15, -0.1) is 11.8 Å². The number of nitrogens with one attached hydrogen (secondary N) is 1. The molecule has 6 nitrogen and oxygen atoms in total. The van der Waals surface area contributed by atoms with E-state index in [4.69, 9.17) is 0 Å². The normalized spacial score (nSPS) is 26.4. The topological polar surface area (TPSA) is 86.7 Å². The maximum absolute atomic E-state index is 12.5. The van der Waals surface area contributed by atoms with Crippen molar-refractivity contribution in [3.63, 3.8) is 0 Å². The molecule has 0 saturated carbocycles. The van der Waals surface area contributed by atoms with E-state index in [9.17, 15) is 19.5 Å². The molecule has 0 radical (unpaired) electrons. The number of fused-ring (bicyclic) bond motifs is 1. The molecule has 0 bridgehead atoms. The van der Waals surface area contributed by atoms with Crippen molar-refractivity contribution in [2.24, 2.45) is 5.92 Å². The molecule has 0 aliphatic carbocycles. The van der Waals surface area contributed by atoms with Crippen molar-refractivity contribution >= 4 is 29.5 Å². The number of hydrogen-bond acceptors (Lipinski definition) is 4. The number of benzene rings is 1. The lowest BCUT2D eigenvalue weighted by Crippen LogP contribution is -2.51. The Balaban J connectivity index is 1.60. The summed E-state index contributed by atoms with van der Waals surface area (Å²) >= 11 is 1.63. The van der Waals surface area contributed by atoms with E-state index in [1.807, 2.05) is 37.3 Å². The van der Waals surface area contributed by atoms with E-state index in [1.54, 1.807) is 16.7 Å². The van der Waals surface area contributed by atoms with Gasteiger partial charge in [-0.05, 0) is 25.3 Å². The summed E-state index contributed by atoms with van der Waals surface area (Å²) in [6, 6.07) is 8.85. The molecule has 134 valence electrons. The van der Waals surface area contributed by atoms with Gasteiger partial charge >= 0.3 is 5.97 Å². The van der Waals surface area contributed by atoms with Crippen LogP contribution in [0.15, 0.2) is 30.3 Å². The molecule has 2 fully saturated rings. The van der Waals surface area contributed by atoms with Crippen LogP contribution in [-0.2, 0) is 20.8 Å². The van der Waals surface area contributed by atoms with Crippen LogP contribution >= 0.6 is 11.8 Å². The van der Waals surface area contributed by atoms with Gasteiger partial charge in [-0.25, -0.2) is 0 Å². The molecule has 2 N–H and O–H groups in total. The third kappa shape index (κ3) is 3.66. The van der Waals surface area contributed by atoms with Gasteiger partial charge in [-0.2, -0.15) is 0 Å². The Hall–Kier alpha value is -2.02. The lowest BCUT2D eigenvalue weighted by molar-refractivity contribution is -0.142. The molecule has 3 atom stereocenters. The van der Waals surface area contributed by atoms with Crippen LogP contribution in [0.4, 0.5) is 0 Å². The predicted molar refractivity (Wildman–Crippen MR) is 95.0 cm³/mol. The van der Waals surface area contributed by atoms with Gasteiger partial charge in [0.15, 0.2) is 0 Å². The van der Waals surface area contributed by atoms with Crippen LogP contribution in [0, 0.1) is 5.92 Å². The van der Waals surface area contributed by atoms with Gasteiger partial charge in [0.1, 0.15) is 6.04 Å². The van der Waals surface area contributed by atoms with Crippen LogP contribution in [0.2, 0.25) is 0 Å². The summed E-state index contributed by atoms with van der Waals surface area (Å²) in [6.45, 7) is 2.05. The van der Waals surface area contributed by atoms with Crippen LogP contribution in [0.5, 0.6) is 0 Å². The Morgan fingerprint density at radius 3 is 2.80 bits per heavy atom. The monoisotopic (exact) mass is 362 g/mol. The second-order valence-corrected chi connectivity index (χ2v) is 8.24. The zero-order chi connectivity index (χ0) is 18.0. The standard InChI is InChI=1S/C18H22N2O4S/c1-18-8-7-15(21)20(18)14(11-25-18)16(22)19-10-13(17(23)24)9-12-5-3-2-4-6-12/h2-6,13-14H,7-11H2,1H3,(H,19,22)(H,23,24)/t13-,14+,18-/m0/s1. The Morgan fingerprint density at radius 1 is 1.40 bits per heavy atom. The largest absolute Gasteiger partial charge is 0.481 e. The highest BCUT2D eigenvalue weighted by molar-refractivity contribution is 8.01. The number of aliphatic carboxylic acids is 1. The summed E-state index contributed by atoms with van der Waals surface area (Å²) in [5, 5.41) is 12.2. The van der Waals surface area contributed by atoms with Crippen molar-refractivity contribution in [3.05, 3.63) is 35.9 Å². The van der Waals surface area contributed by atoms with Gasteiger partial charge < -0.3 is 15.3 Å². The number of hydrogen-bond donors (Lipinski definition) is 2. The molecular weight excluding hydrogens is 340 g/mol. The van der Waals surface area contributed by atoms with E-state index in [1.165, 1.54) is 0 Å². The second kappa shape index (κ2) is 7.07. The fourth-order valence-corrected chi connectivity index (χ4v) is 4.93. The van der Waals surface area contributed by atoms with Crippen molar-refractivity contribution in [1.82, 2.24) is 10.2 Å². The number of nitrogens with zero attached hydrogens (tertiary/aromatic N) is 1. The average Bonchev–Trinajstić information content (AvgIpc) is 3.08. The van der Waals surface area contributed by atoms with Gasteiger partial charge in [0, 0.05) is 18.7 Å². The van der Waals surface area contributed by atoms with E-state index < -0.39 is 17.9 Å². The SMILES string of the molecule is C[C@]12CCC(=O)N1[C@@H](C(=O)NC[C@H](Cc1ccccc1)C(=O)O)CS2. The van der Waals surface area contributed by atoms with Crippen LogP contribution < -0.4 is 5.32 Å². The summed E-state index contributed by atoms with van der Waals surface area (Å²) in [4.78, 5) is 37.5. The predicted octanol–water partition coefficient (Wildman–Crippen LogP) is 1.50. The van der Waals surface area contributed by atoms with Crippen molar-refractivity contribution < 1.29 is 19.5 Å². The molecule has 3 rings (SSSR count). The first-order valence-corrected chi connectivity index (χ1v) is 9.40. The Labute approximate surface area is 151 Å². The second-order valence-electron chi connectivity index (χ2n) is 6.74. The Kier molecular flexibility index (Phi) is 5.03. The van der Waals surface area contributed by atoms with E-state index in [0.717, 1.165) is 12.0 Å². The Bertz CT molecular complexity index is 681. The quantitative estimate of drug-likeness (QED) is 0.801. The van der Waals surface area contributed by atoms with E-state index in [2.05, 4.69) is 5.32 Å². The number of carboxylic acids is 1. The third-order valence-corrected chi connectivity index (χ3v) is 6.45. The van der Waals surface area contributed by atoms with Crippen LogP contribution in [0.3, 0.4) is 0 Å². The highest BCUT2D eigenvalue weighted by Gasteiger charge is 2.52. The van der Waals surface area contributed by atoms with Crippen molar-refractivity contribution in [3.8, 4) is 0 Å². The molecule has 0 unspecified atom stereocenters. The van der Waals surface area contributed by atoms with Crippen LogP contribution in [0.25, 0.3) is 0 Å². The van der Waals surface area contributed by atoms with Crippen molar-refractivity contribution in [1.29, 1.82) is 0 Å². The minimum atomic E-state index is -0.938. The number of rotatable bonds is 6. The molecule has 25 heavy (non-hydrogen) atoms. The molecular formula is C18H22N2O4S. The molecule has 2 aliphatic heterocycles. The first-order chi connectivity index (χ1) is 11.9. The lowest BCUT2D eigenvalue weighted by Gasteiger charge is -2.30. The lowest BCUT2D eigenvalue weighted by atomic mass is 9.99. The number of amides is 2. The number of carboxylic acid groups (broad SMARTS) is 1. The zero-order valence-corrected chi connectivity index (χ0v) is 14.9. The average molecular weight is 362 g/mol. The smallest absolute Gasteiger partial charge is 0.308 e. The van der Waals surface area contributed by atoms with Gasteiger partial charge in [-0.3, -0.25) is 14.4 Å². The number of carbonyl (C=O) groups excluding carboxylic acids is 2. The molecule has 2 heterocycles. The van der Waals surface area contributed by atoms with Crippen LogP contribution in [0.1, 0.15) is 25.3 Å². The summed E-state index contributed by atoms with van der Waals surface area (Å²) in [5.41, 5.74) is 0.919. The minimum Gasteiger partial charge on any atom is -0.481 e. The zero-order valence-electron chi connectivity index (χ0n) is 14.1. The van der Waals surface area contributed by atoms with Gasteiger partial charge in [-0.1, -0.05) is 30.3 Å². The summed E-state index contributed by atoms with van der Waals surface area (Å²) in [7, 11) is 0.